The lowest BCUT2D eigenvalue weighted by molar-refractivity contribution is -0.137. The van der Waals surface area contributed by atoms with Gasteiger partial charge in [-0.05, 0) is 34.3 Å². The molecule has 0 saturated heterocycles. The fraction of sp³-hybridized carbons (Fsp3) is 0.176. The molecule has 0 unspecified atom stereocenters. The number of rotatable bonds is 5. The molecule has 0 saturated carbocycles. The van der Waals surface area contributed by atoms with Crippen molar-refractivity contribution in [3.05, 3.63) is 70.2 Å². The van der Waals surface area contributed by atoms with E-state index in [-0.39, 0.29) is 6.79 Å². The van der Waals surface area contributed by atoms with Crippen molar-refractivity contribution in [2.75, 3.05) is 13.9 Å². The molecule has 0 N–H and O–H groups in total. The van der Waals surface area contributed by atoms with E-state index in [1.165, 1.54) is 13.2 Å². The monoisotopic (exact) mass is 386 g/mol. The van der Waals surface area contributed by atoms with Gasteiger partial charge in [-0.1, -0.05) is 46.3 Å². The van der Waals surface area contributed by atoms with E-state index in [0.29, 0.717) is 16.9 Å². The summed E-state index contributed by atoms with van der Waals surface area (Å²) in [7, 11) is 1.45. The lowest BCUT2D eigenvalue weighted by Gasteiger charge is -2.16. The van der Waals surface area contributed by atoms with Crippen LogP contribution >= 0.6 is 15.9 Å². The first-order valence-corrected chi connectivity index (χ1v) is 7.58. The van der Waals surface area contributed by atoms with Crippen molar-refractivity contribution >= 4 is 21.5 Å². The highest BCUT2D eigenvalue weighted by Gasteiger charge is 2.31. The van der Waals surface area contributed by atoms with E-state index in [2.05, 4.69) is 15.9 Å². The van der Waals surface area contributed by atoms with Crippen LogP contribution in [0.25, 0.3) is 5.57 Å². The van der Waals surface area contributed by atoms with E-state index >= 15 is 0 Å². The molecular formula is C17H14BrF3O2. The van der Waals surface area contributed by atoms with E-state index in [1.807, 2.05) is 30.3 Å². The maximum Gasteiger partial charge on any atom is 0.416 e. The zero-order valence-electron chi connectivity index (χ0n) is 12.2. The molecule has 0 fully saturated rings. The summed E-state index contributed by atoms with van der Waals surface area (Å²) in [5.74, 6) is 0.314. The summed E-state index contributed by atoms with van der Waals surface area (Å²) >= 11 is 3.24. The summed E-state index contributed by atoms with van der Waals surface area (Å²) < 4.78 is 49.3. The van der Waals surface area contributed by atoms with Crippen LogP contribution in [0.5, 0.6) is 5.75 Å². The fourth-order valence-electron chi connectivity index (χ4n) is 2.06. The maximum absolute atomic E-state index is 13.0. The Morgan fingerprint density at radius 1 is 1.13 bits per heavy atom. The van der Waals surface area contributed by atoms with Crippen molar-refractivity contribution in [2.24, 2.45) is 0 Å². The molecule has 0 aliphatic carbocycles. The maximum atomic E-state index is 13.0. The predicted octanol–water partition coefficient (Wildman–Crippen LogP) is 5.47. The van der Waals surface area contributed by atoms with E-state index in [1.54, 1.807) is 4.99 Å². The molecule has 0 radical (unpaired) electrons. The molecule has 0 aliphatic heterocycles. The summed E-state index contributed by atoms with van der Waals surface area (Å²) in [5, 5.41) is 0. The van der Waals surface area contributed by atoms with Gasteiger partial charge in [0, 0.05) is 12.7 Å². The van der Waals surface area contributed by atoms with Crippen LogP contribution in [0.15, 0.2) is 53.5 Å². The Balaban J connectivity index is 2.56. The van der Waals surface area contributed by atoms with Crippen LogP contribution in [0.1, 0.15) is 16.7 Å². The lowest BCUT2D eigenvalue weighted by atomic mass is 9.97. The number of hydrogen-bond acceptors (Lipinski definition) is 2. The summed E-state index contributed by atoms with van der Waals surface area (Å²) in [5.41, 5.74) is 0.953. The van der Waals surface area contributed by atoms with Gasteiger partial charge in [0.2, 0.25) is 0 Å². The second-order valence-electron chi connectivity index (χ2n) is 4.65. The minimum atomic E-state index is -4.43. The average molecular weight is 387 g/mol. The SMILES string of the molecule is COCOc1ccc(C(F)(F)F)cc1/C(=C/Br)c1ccccc1. The summed E-state index contributed by atoms with van der Waals surface area (Å²) in [6.45, 7) is -0.0529. The third-order valence-electron chi connectivity index (χ3n) is 3.12. The second-order valence-corrected chi connectivity index (χ2v) is 5.11. The quantitative estimate of drug-likeness (QED) is 0.634. The van der Waals surface area contributed by atoms with E-state index in [9.17, 15) is 13.2 Å². The van der Waals surface area contributed by atoms with Gasteiger partial charge < -0.3 is 9.47 Å². The van der Waals surface area contributed by atoms with Crippen molar-refractivity contribution in [1.82, 2.24) is 0 Å². The van der Waals surface area contributed by atoms with Crippen LogP contribution in [0, 0.1) is 0 Å². The highest BCUT2D eigenvalue weighted by atomic mass is 79.9. The lowest BCUT2D eigenvalue weighted by Crippen LogP contribution is -2.08. The molecule has 0 heterocycles. The number of hydrogen-bond donors (Lipinski definition) is 0. The van der Waals surface area contributed by atoms with Gasteiger partial charge in [-0.15, -0.1) is 0 Å². The van der Waals surface area contributed by atoms with Crippen molar-refractivity contribution in [3.63, 3.8) is 0 Å². The molecule has 122 valence electrons. The molecule has 0 aliphatic rings. The summed E-state index contributed by atoms with van der Waals surface area (Å²) in [6.07, 6.45) is -4.43. The second kappa shape index (κ2) is 7.66. The van der Waals surface area contributed by atoms with Crippen LogP contribution in [0.4, 0.5) is 13.2 Å². The number of halogens is 4. The van der Waals surface area contributed by atoms with Gasteiger partial charge in [0.25, 0.3) is 0 Å². The molecule has 2 rings (SSSR count). The number of benzene rings is 2. The first-order valence-electron chi connectivity index (χ1n) is 6.66. The minimum Gasteiger partial charge on any atom is -0.467 e. The third-order valence-corrected chi connectivity index (χ3v) is 3.58. The molecule has 0 aromatic heterocycles. The van der Waals surface area contributed by atoms with Gasteiger partial charge in [-0.3, -0.25) is 0 Å². The molecule has 0 spiro atoms. The third kappa shape index (κ3) is 4.36. The zero-order valence-corrected chi connectivity index (χ0v) is 13.8. The number of alkyl halides is 3. The number of ether oxygens (including phenoxy) is 2. The van der Waals surface area contributed by atoms with E-state index in [0.717, 1.165) is 17.7 Å². The zero-order chi connectivity index (χ0) is 16.9. The largest absolute Gasteiger partial charge is 0.467 e. The van der Waals surface area contributed by atoms with Gasteiger partial charge in [0.05, 0.1) is 5.56 Å². The Labute approximate surface area is 140 Å². The Morgan fingerprint density at radius 2 is 1.83 bits per heavy atom. The molecule has 2 aromatic rings. The van der Waals surface area contributed by atoms with Gasteiger partial charge in [-0.25, -0.2) is 0 Å². The first-order chi connectivity index (χ1) is 11.0. The van der Waals surface area contributed by atoms with Gasteiger partial charge in [-0.2, -0.15) is 13.2 Å². The van der Waals surface area contributed by atoms with Gasteiger partial charge in [0.15, 0.2) is 6.79 Å². The first kappa shape index (κ1) is 17.6. The highest BCUT2D eigenvalue weighted by molar-refractivity contribution is 9.11. The van der Waals surface area contributed by atoms with Crippen LogP contribution in [-0.2, 0) is 10.9 Å². The highest BCUT2D eigenvalue weighted by Crippen LogP contribution is 2.37. The van der Waals surface area contributed by atoms with Gasteiger partial charge in [0.1, 0.15) is 5.75 Å². The molecule has 0 amide bonds. The molecule has 2 aromatic carbocycles. The molecular weight excluding hydrogens is 373 g/mol. The average Bonchev–Trinajstić information content (AvgIpc) is 2.54. The van der Waals surface area contributed by atoms with Crippen LogP contribution in [-0.4, -0.2) is 13.9 Å². The van der Waals surface area contributed by atoms with Crippen molar-refractivity contribution in [2.45, 2.75) is 6.18 Å². The molecule has 2 nitrogen and oxygen atoms in total. The smallest absolute Gasteiger partial charge is 0.416 e. The normalized spacial score (nSPS) is 12.3. The summed E-state index contributed by atoms with van der Waals surface area (Å²) in [4.78, 5) is 1.58. The minimum absolute atomic E-state index is 0.0529. The Bertz CT molecular complexity index is 682. The molecule has 0 bridgehead atoms. The van der Waals surface area contributed by atoms with Crippen LogP contribution < -0.4 is 4.74 Å². The van der Waals surface area contributed by atoms with Crippen LogP contribution in [0.2, 0.25) is 0 Å². The van der Waals surface area contributed by atoms with E-state index in [4.69, 9.17) is 9.47 Å². The Morgan fingerprint density at radius 3 is 2.39 bits per heavy atom. The van der Waals surface area contributed by atoms with Gasteiger partial charge >= 0.3 is 6.18 Å². The molecule has 6 heteroatoms. The van der Waals surface area contributed by atoms with Crippen LogP contribution in [0.3, 0.4) is 0 Å². The summed E-state index contributed by atoms with van der Waals surface area (Å²) in [6, 6.07) is 12.5. The Kier molecular flexibility index (Phi) is 5.85. The van der Waals surface area contributed by atoms with Crippen molar-refractivity contribution in [3.8, 4) is 5.75 Å². The topological polar surface area (TPSA) is 18.5 Å². The standard InChI is InChI=1S/C17H14BrF3O2/c1-22-11-23-16-8-7-13(17(19,20)21)9-14(16)15(10-18)12-5-3-2-4-6-12/h2-10H,11H2,1H3/b15-10+. The molecule has 0 atom stereocenters. The Hall–Kier alpha value is -1.79. The molecule has 23 heavy (non-hydrogen) atoms. The predicted molar refractivity (Wildman–Crippen MR) is 86.4 cm³/mol. The van der Waals surface area contributed by atoms with E-state index < -0.39 is 11.7 Å². The number of methoxy groups -OCH3 is 1. The van der Waals surface area contributed by atoms with Crippen molar-refractivity contribution in [1.29, 1.82) is 0 Å². The fourth-order valence-corrected chi connectivity index (χ4v) is 2.57. The van der Waals surface area contributed by atoms with Crippen molar-refractivity contribution < 1.29 is 22.6 Å².